The Morgan fingerprint density at radius 2 is 1.30 bits per heavy atom. The normalized spacial score (nSPS) is 22.6. The van der Waals surface area contributed by atoms with Crippen molar-refractivity contribution < 1.29 is 28.4 Å². The molecule has 1 fully saturated rings. The summed E-state index contributed by atoms with van der Waals surface area (Å²) in [6.07, 6.45) is 1.46. The average molecular weight is 446 g/mol. The molecule has 6 nitrogen and oxygen atoms in total. The SMILES string of the molecule is c1ccc(COC2OC[C@H](Cc3ccc4c(c3)OCO4)[C@H]2Cc2ccc3c(c2)OCO3)cc1. The summed E-state index contributed by atoms with van der Waals surface area (Å²) in [6, 6.07) is 22.6. The average Bonchev–Trinajstić information content (AvgIpc) is 3.59. The van der Waals surface area contributed by atoms with Crippen LogP contribution in [0.25, 0.3) is 0 Å². The van der Waals surface area contributed by atoms with Crippen LogP contribution in [0, 0.1) is 11.8 Å². The van der Waals surface area contributed by atoms with Crippen LogP contribution in [0.15, 0.2) is 66.7 Å². The summed E-state index contributed by atoms with van der Waals surface area (Å²) in [7, 11) is 0. The third-order valence-corrected chi connectivity index (χ3v) is 6.53. The van der Waals surface area contributed by atoms with E-state index in [0.717, 1.165) is 41.4 Å². The summed E-state index contributed by atoms with van der Waals surface area (Å²) < 4.78 is 34.6. The molecule has 0 spiro atoms. The molecule has 3 atom stereocenters. The Morgan fingerprint density at radius 1 is 0.667 bits per heavy atom. The summed E-state index contributed by atoms with van der Waals surface area (Å²) in [4.78, 5) is 0. The summed E-state index contributed by atoms with van der Waals surface area (Å²) in [5.74, 6) is 3.75. The Kier molecular flexibility index (Phi) is 5.54. The van der Waals surface area contributed by atoms with Crippen molar-refractivity contribution in [1.29, 1.82) is 0 Å². The van der Waals surface area contributed by atoms with Gasteiger partial charge in [-0.1, -0.05) is 42.5 Å². The molecular formula is C27H26O6. The van der Waals surface area contributed by atoms with Gasteiger partial charge in [-0.25, -0.2) is 0 Å². The first-order valence-corrected chi connectivity index (χ1v) is 11.4. The van der Waals surface area contributed by atoms with E-state index in [1.165, 1.54) is 11.1 Å². The number of benzene rings is 3. The van der Waals surface area contributed by atoms with Gasteiger partial charge >= 0.3 is 0 Å². The first-order chi connectivity index (χ1) is 16.3. The van der Waals surface area contributed by atoms with Gasteiger partial charge in [-0.2, -0.15) is 0 Å². The molecule has 3 aliphatic heterocycles. The van der Waals surface area contributed by atoms with Crippen LogP contribution in [0.1, 0.15) is 16.7 Å². The largest absolute Gasteiger partial charge is 0.454 e. The fourth-order valence-corrected chi connectivity index (χ4v) is 4.80. The topological polar surface area (TPSA) is 55.4 Å². The van der Waals surface area contributed by atoms with Gasteiger partial charge in [-0.3, -0.25) is 0 Å². The van der Waals surface area contributed by atoms with E-state index in [9.17, 15) is 0 Å². The maximum atomic E-state index is 6.29. The molecule has 3 aromatic rings. The lowest BCUT2D eigenvalue weighted by Gasteiger charge is -2.24. The zero-order valence-corrected chi connectivity index (χ0v) is 18.3. The van der Waals surface area contributed by atoms with E-state index in [0.29, 0.717) is 19.1 Å². The van der Waals surface area contributed by atoms with Crippen LogP contribution in [0.3, 0.4) is 0 Å². The molecule has 0 saturated carbocycles. The van der Waals surface area contributed by atoms with Crippen molar-refractivity contribution in [2.75, 3.05) is 20.2 Å². The van der Waals surface area contributed by atoms with E-state index in [-0.39, 0.29) is 25.8 Å². The standard InChI is InChI=1S/C27H26O6/c1-2-4-18(5-3-1)14-28-27-22(11-20-7-9-24-26(13-20)33-17-31-24)21(15-29-27)10-19-6-8-23-25(12-19)32-16-30-23/h1-9,12-13,21-22,27H,10-11,14-17H2/t21-,22+,27?/m0/s1. The molecule has 0 amide bonds. The fraction of sp³-hybridized carbons (Fsp3) is 0.333. The molecule has 0 aliphatic carbocycles. The Labute approximate surface area is 192 Å². The quantitative estimate of drug-likeness (QED) is 0.523. The van der Waals surface area contributed by atoms with E-state index < -0.39 is 0 Å². The second-order valence-electron chi connectivity index (χ2n) is 8.71. The van der Waals surface area contributed by atoms with Gasteiger partial charge in [-0.05, 0) is 59.7 Å². The highest BCUT2D eigenvalue weighted by atomic mass is 16.7. The third kappa shape index (κ3) is 4.36. The summed E-state index contributed by atoms with van der Waals surface area (Å²) in [5.41, 5.74) is 3.55. The van der Waals surface area contributed by atoms with Gasteiger partial charge in [0.2, 0.25) is 13.6 Å². The van der Waals surface area contributed by atoms with Crippen molar-refractivity contribution in [3.63, 3.8) is 0 Å². The molecule has 0 aromatic heterocycles. The smallest absolute Gasteiger partial charge is 0.231 e. The molecule has 6 rings (SSSR count). The molecule has 1 saturated heterocycles. The highest BCUT2D eigenvalue weighted by Gasteiger charge is 2.38. The molecular weight excluding hydrogens is 420 g/mol. The Hall–Kier alpha value is -3.22. The first kappa shape index (κ1) is 20.4. The van der Waals surface area contributed by atoms with E-state index in [1.54, 1.807) is 0 Å². The molecule has 0 N–H and O–H groups in total. The number of ether oxygens (including phenoxy) is 6. The van der Waals surface area contributed by atoms with Crippen LogP contribution < -0.4 is 18.9 Å². The minimum atomic E-state index is -0.269. The van der Waals surface area contributed by atoms with Gasteiger partial charge in [0.05, 0.1) is 13.2 Å². The van der Waals surface area contributed by atoms with Gasteiger partial charge < -0.3 is 28.4 Å². The second kappa shape index (κ2) is 8.96. The second-order valence-corrected chi connectivity index (χ2v) is 8.71. The lowest BCUT2D eigenvalue weighted by molar-refractivity contribution is -0.138. The van der Waals surface area contributed by atoms with Gasteiger partial charge in [0, 0.05) is 5.92 Å². The van der Waals surface area contributed by atoms with Gasteiger partial charge in [0.25, 0.3) is 0 Å². The predicted molar refractivity (Wildman–Crippen MR) is 120 cm³/mol. The van der Waals surface area contributed by atoms with Crippen molar-refractivity contribution in [2.24, 2.45) is 11.8 Å². The highest BCUT2D eigenvalue weighted by Crippen LogP contribution is 2.39. The van der Waals surface area contributed by atoms with E-state index >= 15 is 0 Å². The van der Waals surface area contributed by atoms with Gasteiger partial charge in [0.1, 0.15) is 0 Å². The number of hydrogen-bond acceptors (Lipinski definition) is 6. The molecule has 3 aromatic carbocycles. The van der Waals surface area contributed by atoms with Crippen LogP contribution in [0.2, 0.25) is 0 Å². The molecule has 3 heterocycles. The summed E-state index contributed by atoms with van der Waals surface area (Å²) in [6.45, 7) is 1.75. The highest BCUT2D eigenvalue weighted by molar-refractivity contribution is 5.45. The van der Waals surface area contributed by atoms with Crippen LogP contribution in [0.5, 0.6) is 23.0 Å². The molecule has 170 valence electrons. The molecule has 0 bridgehead atoms. The van der Waals surface area contributed by atoms with E-state index in [4.69, 9.17) is 28.4 Å². The third-order valence-electron chi connectivity index (χ3n) is 6.53. The Morgan fingerprint density at radius 3 is 2.00 bits per heavy atom. The minimum absolute atomic E-state index is 0.208. The maximum Gasteiger partial charge on any atom is 0.231 e. The van der Waals surface area contributed by atoms with Crippen molar-refractivity contribution in [2.45, 2.75) is 25.7 Å². The van der Waals surface area contributed by atoms with Crippen LogP contribution in [-0.4, -0.2) is 26.5 Å². The Balaban J connectivity index is 1.21. The van der Waals surface area contributed by atoms with Crippen LogP contribution >= 0.6 is 0 Å². The van der Waals surface area contributed by atoms with E-state index in [2.05, 4.69) is 36.4 Å². The molecule has 1 unspecified atom stereocenters. The van der Waals surface area contributed by atoms with Crippen LogP contribution in [0.4, 0.5) is 0 Å². The number of rotatable bonds is 7. The van der Waals surface area contributed by atoms with Crippen molar-refractivity contribution in [3.8, 4) is 23.0 Å². The van der Waals surface area contributed by atoms with Crippen molar-refractivity contribution in [1.82, 2.24) is 0 Å². The predicted octanol–water partition coefficient (Wildman–Crippen LogP) is 4.73. The van der Waals surface area contributed by atoms with Gasteiger partial charge in [-0.15, -0.1) is 0 Å². The first-order valence-electron chi connectivity index (χ1n) is 11.4. The molecule has 3 aliphatic rings. The van der Waals surface area contributed by atoms with E-state index in [1.807, 2.05) is 30.3 Å². The lowest BCUT2D eigenvalue weighted by atomic mass is 9.84. The van der Waals surface area contributed by atoms with Crippen molar-refractivity contribution >= 4 is 0 Å². The fourth-order valence-electron chi connectivity index (χ4n) is 4.80. The zero-order chi connectivity index (χ0) is 22.0. The van der Waals surface area contributed by atoms with Crippen molar-refractivity contribution in [3.05, 3.63) is 83.4 Å². The number of fused-ring (bicyclic) bond motifs is 2. The zero-order valence-electron chi connectivity index (χ0n) is 18.3. The maximum absolute atomic E-state index is 6.29. The summed E-state index contributed by atoms with van der Waals surface area (Å²) >= 11 is 0. The molecule has 0 radical (unpaired) electrons. The molecule has 33 heavy (non-hydrogen) atoms. The van der Waals surface area contributed by atoms with Crippen LogP contribution in [-0.2, 0) is 28.9 Å². The Bertz CT molecular complexity index is 1110. The summed E-state index contributed by atoms with van der Waals surface area (Å²) in [5, 5.41) is 0. The number of hydrogen-bond donors (Lipinski definition) is 0. The molecule has 6 heteroatoms. The lowest BCUT2D eigenvalue weighted by Crippen LogP contribution is -2.26. The van der Waals surface area contributed by atoms with Gasteiger partial charge in [0.15, 0.2) is 29.3 Å². The minimum Gasteiger partial charge on any atom is -0.454 e. The monoisotopic (exact) mass is 446 g/mol.